The van der Waals surface area contributed by atoms with Gasteiger partial charge in [0.25, 0.3) is 0 Å². The number of unbranched alkanes of at least 4 members (excludes halogenated alkanes) is 6. The molecule has 2 N–H and O–H groups in total. The summed E-state index contributed by atoms with van der Waals surface area (Å²) in [6, 6.07) is 0. The fraction of sp³-hybridized carbons (Fsp3) is 0.958. The van der Waals surface area contributed by atoms with Crippen molar-refractivity contribution in [2.24, 2.45) is 17.8 Å². The summed E-state index contributed by atoms with van der Waals surface area (Å²) in [4.78, 5) is 12.6. The summed E-state index contributed by atoms with van der Waals surface area (Å²) in [5.41, 5.74) is 0.0301. The number of nitrogens with one attached hydrogen (secondary N) is 2. The Morgan fingerprint density at radius 2 is 1.45 bits per heavy atom. The van der Waals surface area contributed by atoms with Crippen LogP contribution in [0.1, 0.15) is 103 Å². The first-order chi connectivity index (χ1) is 13.8. The highest BCUT2D eigenvalue weighted by atomic mass is 19.3. The van der Waals surface area contributed by atoms with E-state index in [4.69, 9.17) is 0 Å². The summed E-state index contributed by atoms with van der Waals surface area (Å²) >= 11 is 0. The van der Waals surface area contributed by atoms with Crippen molar-refractivity contribution in [1.82, 2.24) is 10.6 Å². The van der Waals surface area contributed by atoms with Gasteiger partial charge in [-0.25, -0.2) is 8.78 Å². The minimum Gasteiger partial charge on any atom is -0.350 e. The molecule has 5 heteroatoms. The summed E-state index contributed by atoms with van der Waals surface area (Å²) in [7, 11) is 0. The molecule has 29 heavy (non-hydrogen) atoms. The van der Waals surface area contributed by atoms with Crippen molar-refractivity contribution in [3.8, 4) is 0 Å². The molecule has 0 saturated heterocycles. The van der Waals surface area contributed by atoms with Crippen LogP contribution in [0.5, 0.6) is 0 Å². The largest absolute Gasteiger partial charge is 0.350 e. The van der Waals surface area contributed by atoms with Crippen LogP contribution in [0.2, 0.25) is 0 Å². The van der Waals surface area contributed by atoms with E-state index in [1.165, 1.54) is 64.2 Å². The second-order valence-electron chi connectivity index (χ2n) is 11.0. The van der Waals surface area contributed by atoms with Crippen LogP contribution in [0.3, 0.4) is 0 Å². The molecular formula is C24H40F2N2O. The highest BCUT2D eigenvalue weighted by Gasteiger charge is 2.59. The molecule has 166 valence electrons. The van der Waals surface area contributed by atoms with Gasteiger partial charge in [0, 0.05) is 29.8 Å². The highest BCUT2D eigenvalue weighted by Crippen LogP contribution is 2.57. The van der Waals surface area contributed by atoms with E-state index in [0.717, 1.165) is 25.8 Å². The fourth-order valence-corrected chi connectivity index (χ4v) is 7.26. The van der Waals surface area contributed by atoms with E-state index in [2.05, 4.69) is 17.6 Å². The van der Waals surface area contributed by atoms with E-state index >= 15 is 0 Å². The molecule has 0 spiro atoms. The highest BCUT2D eigenvalue weighted by molar-refractivity contribution is 5.80. The van der Waals surface area contributed by atoms with Crippen LogP contribution in [-0.2, 0) is 4.79 Å². The number of carbonyl (C=O) groups is 1. The van der Waals surface area contributed by atoms with E-state index in [-0.39, 0.29) is 29.8 Å². The average Bonchev–Trinajstić information content (AvgIpc) is 2.60. The van der Waals surface area contributed by atoms with Crippen LogP contribution in [0.4, 0.5) is 8.78 Å². The zero-order chi connectivity index (χ0) is 20.5. The molecule has 0 aromatic rings. The molecule has 3 nitrogen and oxygen atoms in total. The third-order valence-electron chi connectivity index (χ3n) is 8.19. The van der Waals surface area contributed by atoms with Crippen LogP contribution in [0.25, 0.3) is 0 Å². The van der Waals surface area contributed by atoms with Gasteiger partial charge in [-0.1, -0.05) is 45.4 Å². The first-order valence-corrected chi connectivity index (χ1v) is 12.3. The summed E-state index contributed by atoms with van der Waals surface area (Å²) in [5.74, 6) is -1.85. The third-order valence-corrected chi connectivity index (χ3v) is 8.19. The average molecular weight is 411 g/mol. The maximum atomic E-state index is 13.2. The maximum absolute atomic E-state index is 13.2. The number of halogens is 2. The van der Waals surface area contributed by atoms with Crippen molar-refractivity contribution in [3.05, 3.63) is 0 Å². The number of amides is 1. The number of carbonyl (C=O) groups excluding carboxylic acids is 1. The zero-order valence-electron chi connectivity index (χ0n) is 18.2. The van der Waals surface area contributed by atoms with Gasteiger partial charge in [-0.2, -0.15) is 0 Å². The van der Waals surface area contributed by atoms with Gasteiger partial charge in [-0.3, -0.25) is 4.79 Å². The zero-order valence-corrected chi connectivity index (χ0v) is 18.2. The molecular weight excluding hydrogens is 370 g/mol. The molecule has 5 rings (SSSR count). The first-order valence-electron chi connectivity index (χ1n) is 12.3. The van der Waals surface area contributed by atoms with E-state index in [0.29, 0.717) is 11.8 Å². The second kappa shape index (κ2) is 8.43. The van der Waals surface area contributed by atoms with Crippen molar-refractivity contribution in [1.29, 1.82) is 0 Å². The molecule has 0 aliphatic heterocycles. The number of hydrogen-bond acceptors (Lipinski definition) is 2. The maximum Gasteiger partial charge on any atom is 0.249 e. The van der Waals surface area contributed by atoms with Gasteiger partial charge in [-0.15, -0.1) is 0 Å². The molecule has 2 atom stereocenters. The fourth-order valence-electron chi connectivity index (χ4n) is 7.26. The second-order valence-corrected chi connectivity index (χ2v) is 11.0. The summed E-state index contributed by atoms with van der Waals surface area (Å²) in [5, 5.41) is 7.23. The molecule has 4 bridgehead atoms. The van der Waals surface area contributed by atoms with Gasteiger partial charge in [-0.05, 0) is 63.3 Å². The minimum atomic E-state index is -2.62. The Bertz CT molecular complexity index is 571. The smallest absolute Gasteiger partial charge is 0.249 e. The van der Waals surface area contributed by atoms with Gasteiger partial charge in [0.1, 0.15) is 0 Å². The molecule has 5 aliphatic carbocycles. The van der Waals surface area contributed by atoms with Crippen molar-refractivity contribution in [2.45, 2.75) is 120 Å². The van der Waals surface area contributed by atoms with Crippen molar-refractivity contribution in [3.63, 3.8) is 0 Å². The predicted molar refractivity (Wildman–Crippen MR) is 112 cm³/mol. The van der Waals surface area contributed by atoms with Gasteiger partial charge in [0.15, 0.2) is 0 Å². The molecule has 5 aliphatic rings. The van der Waals surface area contributed by atoms with Crippen molar-refractivity contribution in [2.75, 3.05) is 6.54 Å². The Kier molecular flexibility index (Phi) is 6.26. The Morgan fingerprint density at radius 1 is 0.862 bits per heavy atom. The predicted octanol–water partition coefficient (Wildman–Crippen LogP) is 5.58. The van der Waals surface area contributed by atoms with Gasteiger partial charge >= 0.3 is 0 Å². The molecule has 5 fully saturated rings. The first kappa shape index (κ1) is 21.5. The molecule has 1 amide bonds. The lowest BCUT2D eigenvalue weighted by Crippen LogP contribution is -2.70. The van der Waals surface area contributed by atoms with Crippen LogP contribution in [0.15, 0.2) is 0 Å². The number of hydrogen-bond donors (Lipinski definition) is 2. The van der Waals surface area contributed by atoms with E-state index in [1.807, 2.05) is 0 Å². The monoisotopic (exact) mass is 410 g/mol. The van der Waals surface area contributed by atoms with Crippen LogP contribution < -0.4 is 10.6 Å². The summed E-state index contributed by atoms with van der Waals surface area (Å²) in [6.45, 7) is 3.33. The third kappa shape index (κ3) is 4.97. The van der Waals surface area contributed by atoms with E-state index in [1.54, 1.807) is 0 Å². The lowest BCUT2D eigenvalue weighted by Gasteiger charge is -2.62. The van der Waals surface area contributed by atoms with Gasteiger partial charge in [0.05, 0.1) is 0 Å². The quantitative estimate of drug-likeness (QED) is 0.437. The van der Waals surface area contributed by atoms with E-state index in [9.17, 15) is 13.6 Å². The normalized spacial score (nSPS) is 37.5. The van der Waals surface area contributed by atoms with Gasteiger partial charge < -0.3 is 10.6 Å². The Labute approximate surface area is 175 Å². The SMILES string of the molecule is CCCCCCCCCNC12CC3CC(C1)CC(NC(=O)C1CC(F)(F)C1)(C3)C2. The summed E-state index contributed by atoms with van der Waals surface area (Å²) in [6.07, 6.45) is 15.6. The lowest BCUT2D eigenvalue weighted by molar-refractivity contribution is -0.155. The van der Waals surface area contributed by atoms with Crippen LogP contribution in [-0.4, -0.2) is 29.5 Å². The summed E-state index contributed by atoms with van der Waals surface area (Å²) < 4.78 is 26.4. The molecule has 0 heterocycles. The molecule has 5 saturated carbocycles. The Balaban J connectivity index is 1.26. The standard InChI is InChI=1S/C24H40F2N2O/c1-2-3-4-5-6-7-8-9-27-22-11-18-10-19(12-22)14-23(13-18,17-22)28-21(29)20-15-24(25,26)16-20/h18-20,27H,2-17H2,1H3,(H,28,29). The molecule has 0 aromatic carbocycles. The van der Waals surface area contributed by atoms with Crippen molar-refractivity contribution < 1.29 is 13.6 Å². The minimum absolute atomic E-state index is 0.111. The Hall–Kier alpha value is -0.710. The molecule has 0 aromatic heterocycles. The van der Waals surface area contributed by atoms with Gasteiger partial charge in [0.2, 0.25) is 11.8 Å². The van der Waals surface area contributed by atoms with Crippen LogP contribution >= 0.6 is 0 Å². The topological polar surface area (TPSA) is 41.1 Å². The molecule has 0 radical (unpaired) electrons. The van der Waals surface area contributed by atoms with E-state index < -0.39 is 11.8 Å². The molecule has 2 unspecified atom stereocenters. The lowest BCUT2D eigenvalue weighted by atomic mass is 9.49. The number of alkyl halides is 2. The number of rotatable bonds is 11. The van der Waals surface area contributed by atoms with Crippen LogP contribution in [0, 0.1) is 17.8 Å². The Morgan fingerprint density at radius 3 is 2.07 bits per heavy atom. The van der Waals surface area contributed by atoms with Crippen molar-refractivity contribution >= 4 is 5.91 Å².